The number of hydrogen-bond donors (Lipinski definition) is 2. The molecule has 1 heterocycles. The van der Waals surface area contributed by atoms with Crippen LogP contribution in [0.15, 0.2) is 4.99 Å². The Morgan fingerprint density at radius 2 is 2.88 bits per heavy atom. The van der Waals surface area contributed by atoms with Crippen molar-refractivity contribution < 1.29 is 4.79 Å². The zero-order valence-corrected chi connectivity index (χ0v) is 4.16. The standard InChI is InChI=1S/C3H6N4O/c8-3-6-7-2-4-1-5-7/h2-3,5H,1H2,(H,6,8). The lowest BCUT2D eigenvalue weighted by atomic mass is 11.2. The van der Waals surface area contributed by atoms with Crippen molar-refractivity contribution in [1.82, 2.24) is 16.0 Å². The minimum atomic E-state index is 0.529. The summed E-state index contributed by atoms with van der Waals surface area (Å²) in [6.45, 7) is 0.529. The Morgan fingerprint density at radius 1 is 2.00 bits per heavy atom. The fourth-order valence-corrected chi connectivity index (χ4v) is 0.416. The van der Waals surface area contributed by atoms with Crippen LogP contribution in [0.4, 0.5) is 0 Å². The molecule has 44 valence electrons. The summed E-state index contributed by atoms with van der Waals surface area (Å²) in [6, 6.07) is 0. The van der Waals surface area contributed by atoms with E-state index in [-0.39, 0.29) is 0 Å². The number of hydrogen-bond acceptors (Lipinski definition) is 4. The van der Waals surface area contributed by atoms with Gasteiger partial charge in [0, 0.05) is 0 Å². The normalized spacial score (nSPS) is 16.8. The smallest absolute Gasteiger partial charge is 0.226 e. The summed E-state index contributed by atoms with van der Waals surface area (Å²) < 4.78 is 0. The SMILES string of the molecule is O=CNN1C=NCN1. The van der Waals surface area contributed by atoms with Crippen molar-refractivity contribution in [3.05, 3.63) is 0 Å². The van der Waals surface area contributed by atoms with Gasteiger partial charge in [0.1, 0.15) is 13.0 Å². The molecular formula is C3H6N4O. The predicted octanol–water partition coefficient (Wildman–Crippen LogP) is -1.55. The summed E-state index contributed by atoms with van der Waals surface area (Å²) in [5.41, 5.74) is 5.06. The van der Waals surface area contributed by atoms with Gasteiger partial charge in [-0.2, -0.15) is 5.43 Å². The van der Waals surface area contributed by atoms with Gasteiger partial charge < -0.3 is 0 Å². The molecule has 1 aliphatic rings. The predicted molar refractivity (Wildman–Crippen MR) is 27.5 cm³/mol. The monoisotopic (exact) mass is 114 g/mol. The summed E-state index contributed by atoms with van der Waals surface area (Å²) in [5.74, 6) is 0. The van der Waals surface area contributed by atoms with Gasteiger partial charge in [-0.15, -0.1) is 0 Å². The topological polar surface area (TPSA) is 56.7 Å². The first-order valence-electron chi connectivity index (χ1n) is 2.16. The second kappa shape index (κ2) is 2.27. The number of aliphatic imine (C=N–C) groups is 1. The lowest BCUT2D eigenvalue weighted by Gasteiger charge is -2.09. The van der Waals surface area contributed by atoms with Gasteiger partial charge in [0.05, 0.1) is 0 Å². The van der Waals surface area contributed by atoms with E-state index < -0.39 is 0 Å². The number of carbonyl (C=O) groups excluding carboxylic acids is 1. The highest BCUT2D eigenvalue weighted by molar-refractivity contribution is 5.59. The van der Waals surface area contributed by atoms with Gasteiger partial charge in [0.15, 0.2) is 0 Å². The Hall–Kier alpha value is -1.10. The summed E-state index contributed by atoms with van der Waals surface area (Å²) in [7, 11) is 0. The molecule has 0 unspecified atom stereocenters. The minimum Gasteiger partial charge on any atom is -0.277 e. The Bertz CT molecular complexity index is 112. The third-order valence-corrected chi connectivity index (χ3v) is 0.721. The van der Waals surface area contributed by atoms with Crippen LogP contribution in [0.5, 0.6) is 0 Å². The van der Waals surface area contributed by atoms with Crippen LogP contribution >= 0.6 is 0 Å². The number of rotatable bonds is 2. The maximum absolute atomic E-state index is 9.71. The van der Waals surface area contributed by atoms with E-state index in [4.69, 9.17) is 0 Å². The van der Waals surface area contributed by atoms with E-state index >= 15 is 0 Å². The van der Waals surface area contributed by atoms with E-state index in [2.05, 4.69) is 15.8 Å². The van der Waals surface area contributed by atoms with E-state index in [0.29, 0.717) is 13.1 Å². The molecule has 0 aromatic heterocycles. The molecule has 2 N–H and O–H groups in total. The summed E-state index contributed by atoms with van der Waals surface area (Å²) in [4.78, 5) is 13.5. The molecule has 0 radical (unpaired) electrons. The minimum absolute atomic E-state index is 0.529. The van der Waals surface area contributed by atoms with Gasteiger partial charge in [0.2, 0.25) is 6.41 Å². The van der Waals surface area contributed by atoms with Crippen LogP contribution in [0.25, 0.3) is 0 Å². The largest absolute Gasteiger partial charge is 0.277 e. The molecule has 1 amide bonds. The second-order valence-electron chi connectivity index (χ2n) is 1.23. The first-order valence-corrected chi connectivity index (χ1v) is 2.16. The molecule has 5 nitrogen and oxygen atoms in total. The Balaban J connectivity index is 2.25. The van der Waals surface area contributed by atoms with E-state index in [1.807, 2.05) is 0 Å². The average molecular weight is 114 g/mol. The van der Waals surface area contributed by atoms with Crippen molar-refractivity contribution in [1.29, 1.82) is 0 Å². The Kier molecular flexibility index (Phi) is 1.43. The second-order valence-corrected chi connectivity index (χ2v) is 1.23. The lowest BCUT2D eigenvalue weighted by Crippen LogP contribution is -2.42. The average Bonchev–Trinajstić information content (AvgIpc) is 2.19. The van der Waals surface area contributed by atoms with E-state index in [1.54, 1.807) is 0 Å². The highest BCUT2D eigenvalue weighted by atomic mass is 16.1. The van der Waals surface area contributed by atoms with Crippen LogP contribution in [-0.4, -0.2) is 24.5 Å². The maximum Gasteiger partial charge on any atom is 0.226 e. The van der Waals surface area contributed by atoms with Gasteiger partial charge >= 0.3 is 0 Å². The summed E-state index contributed by atoms with van der Waals surface area (Å²) in [6.07, 6.45) is 2.07. The quantitative estimate of drug-likeness (QED) is 0.427. The van der Waals surface area contributed by atoms with Gasteiger partial charge in [-0.25, -0.2) is 5.12 Å². The Labute approximate surface area is 46.3 Å². The van der Waals surface area contributed by atoms with Crippen molar-refractivity contribution in [2.45, 2.75) is 0 Å². The van der Waals surface area contributed by atoms with Gasteiger partial charge in [-0.1, -0.05) is 0 Å². The van der Waals surface area contributed by atoms with Crippen molar-refractivity contribution in [3.8, 4) is 0 Å². The molecule has 8 heavy (non-hydrogen) atoms. The molecule has 0 spiro atoms. The maximum atomic E-state index is 9.71. The first-order chi connectivity index (χ1) is 3.93. The molecule has 0 aromatic rings. The molecule has 0 bridgehead atoms. The number of nitrogens with zero attached hydrogens (tertiary/aromatic N) is 2. The van der Waals surface area contributed by atoms with Gasteiger partial charge in [0.25, 0.3) is 0 Å². The third kappa shape index (κ3) is 0.941. The highest BCUT2D eigenvalue weighted by Crippen LogP contribution is 1.76. The number of carbonyl (C=O) groups is 1. The molecule has 0 fully saturated rings. The van der Waals surface area contributed by atoms with Gasteiger partial charge in [-0.05, 0) is 0 Å². The van der Waals surface area contributed by atoms with Crippen LogP contribution < -0.4 is 10.9 Å². The number of nitrogens with one attached hydrogen (secondary N) is 2. The van der Waals surface area contributed by atoms with Crippen molar-refractivity contribution >= 4 is 12.7 Å². The van der Waals surface area contributed by atoms with Crippen LogP contribution in [0, 0.1) is 0 Å². The van der Waals surface area contributed by atoms with Crippen LogP contribution in [-0.2, 0) is 4.79 Å². The van der Waals surface area contributed by atoms with Crippen LogP contribution in [0.2, 0.25) is 0 Å². The van der Waals surface area contributed by atoms with E-state index in [0.717, 1.165) is 0 Å². The van der Waals surface area contributed by atoms with Crippen molar-refractivity contribution in [2.75, 3.05) is 6.67 Å². The molecule has 5 heteroatoms. The molecule has 0 saturated carbocycles. The van der Waals surface area contributed by atoms with E-state index in [1.165, 1.54) is 11.5 Å². The van der Waals surface area contributed by atoms with E-state index in [9.17, 15) is 4.79 Å². The molecule has 0 aliphatic carbocycles. The lowest BCUT2D eigenvalue weighted by molar-refractivity contribution is -0.112. The third-order valence-electron chi connectivity index (χ3n) is 0.721. The van der Waals surface area contributed by atoms with Crippen LogP contribution in [0.3, 0.4) is 0 Å². The van der Waals surface area contributed by atoms with Crippen molar-refractivity contribution in [3.63, 3.8) is 0 Å². The summed E-state index contributed by atoms with van der Waals surface area (Å²) in [5, 5.41) is 1.38. The van der Waals surface area contributed by atoms with Crippen molar-refractivity contribution in [2.24, 2.45) is 4.99 Å². The molecule has 0 atom stereocenters. The first kappa shape index (κ1) is 5.04. The fraction of sp³-hybridized carbons (Fsp3) is 0.333. The van der Waals surface area contributed by atoms with Gasteiger partial charge in [-0.3, -0.25) is 15.2 Å². The molecule has 0 aromatic carbocycles. The molecule has 1 aliphatic heterocycles. The molecular weight excluding hydrogens is 108 g/mol. The zero-order valence-electron chi connectivity index (χ0n) is 4.16. The fourth-order valence-electron chi connectivity index (χ4n) is 0.416. The zero-order chi connectivity index (χ0) is 5.82. The Morgan fingerprint density at radius 3 is 3.38 bits per heavy atom. The highest BCUT2D eigenvalue weighted by Gasteiger charge is 1.98. The van der Waals surface area contributed by atoms with Crippen LogP contribution in [0.1, 0.15) is 0 Å². The summed E-state index contributed by atoms with van der Waals surface area (Å²) >= 11 is 0. The molecule has 1 rings (SSSR count). The number of hydrazine groups is 2. The molecule has 0 saturated heterocycles. The number of amides is 1.